The van der Waals surface area contributed by atoms with Crippen molar-refractivity contribution in [1.29, 1.82) is 0 Å². The minimum atomic E-state index is -3.83. The van der Waals surface area contributed by atoms with Crippen molar-refractivity contribution >= 4 is 50.7 Å². The summed E-state index contributed by atoms with van der Waals surface area (Å²) < 4.78 is 26.0. The number of carbonyl (C=O) groups excluding carboxylic acids is 2. The number of nitrogens with zero attached hydrogens (tertiary/aromatic N) is 2. The highest BCUT2D eigenvalue weighted by Crippen LogP contribution is 2.28. The van der Waals surface area contributed by atoms with Crippen LogP contribution in [0.25, 0.3) is 0 Å². The summed E-state index contributed by atoms with van der Waals surface area (Å²) in [5.41, 5.74) is 1.02. The van der Waals surface area contributed by atoms with Gasteiger partial charge in [-0.25, -0.2) is 8.42 Å². The normalized spacial score (nSPS) is 12.3. The lowest BCUT2D eigenvalue weighted by atomic mass is 10.1. The molecule has 0 aliphatic rings. The van der Waals surface area contributed by atoms with E-state index in [9.17, 15) is 18.0 Å². The van der Waals surface area contributed by atoms with Crippen LogP contribution >= 0.6 is 23.2 Å². The van der Waals surface area contributed by atoms with Crippen LogP contribution in [0, 0.1) is 5.92 Å². The van der Waals surface area contributed by atoms with Gasteiger partial charge in [0.25, 0.3) is 0 Å². The van der Waals surface area contributed by atoms with Crippen molar-refractivity contribution < 1.29 is 18.0 Å². The molecule has 2 aromatic carbocycles. The maximum absolute atomic E-state index is 13.4. The molecule has 0 radical (unpaired) electrons. The fourth-order valence-corrected chi connectivity index (χ4v) is 4.20. The molecule has 0 bridgehead atoms. The largest absolute Gasteiger partial charge is 0.354 e. The standard InChI is InChI=1S/C23H29Cl2N3O4S/c1-16(2)13-26-23(30)17(3)27(14-18-8-6-5-7-9-18)22(29)15-28(33(4,31)32)19-10-11-20(24)21(25)12-19/h5-12,16-17H,13-15H2,1-4H3,(H,26,30)/t17-/m1/s1. The Hall–Kier alpha value is -2.29. The van der Waals surface area contributed by atoms with Crippen molar-refractivity contribution in [3.8, 4) is 0 Å². The second-order valence-corrected chi connectivity index (χ2v) is 10.9. The Balaban J connectivity index is 2.36. The maximum Gasteiger partial charge on any atom is 0.244 e. The summed E-state index contributed by atoms with van der Waals surface area (Å²) >= 11 is 12.0. The maximum atomic E-state index is 13.4. The zero-order valence-corrected chi connectivity index (χ0v) is 21.4. The van der Waals surface area contributed by atoms with Gasteiger partial charge in [-0.1, -0.05) is 67.4 Å². The van der Waals surface area contributed by atoms with Gasteiger partial charge in [-0.3, -0.25) is 13.9 Å². The molecule has 0 aliphatic heterocycles. The van der Waals surface area contributed by atoms with Gasteiger partial charge in [0.15, 0.2) is 0 Å². The predicted octanol–water partition coefficient (Wildman–Crippen LogP) is 3.95. The Labute approximate surface area is 205 Å². The summed E-state index contributed by atoms with van der Waals surface area (Å²) in [5, 5.41) is 3.26. The molecule has 0 unspecified atom stereocenters. The highest BCUT2D eigenvalue weighted by Gasteiger charge is 2.30. The van der Waals surface area contributed by atoms with Crippen LogP contribution in [0.5, 0.6) is 0 Å². The number of sulfonamides is 1. The van der Waals surface area contributed by atoms with Gasteiger partial charge in [-0.15, -0.1) is 0 Å². The summed E-state index contributed by atoms with van der Waals surface area (Å²) in [6.07, 6.45) is 1.00. The predicted molar refractivity (Wildman–Crippen MR) is 133 cm³/mol. The number of anilines is 1. The van der Waals surface area contributed by atoms with Gasteiger partial charge in [0, 0.05) is 13.1 Å². The molecular weight excluding hydrogens is 485 g/mol. The highest BCUT2D eigenvalue weighted by atomic mass is 35.5. The van der Waals surface area contributed by atoms with Gasteiger partial charge in [-0.2, -0.15) is 0 Å². The van der Waals surface area contributed by atoms with Crippen LogP contribution in [0.2, 0.25) is 10.0 Å². The lowest BCUT2D eigenvalue weighted by Crippen LogP contribution is -2.51. The van der Waals surface area contributed by atoms with Crippen molar-refractivity contribution in [3.05, 3.63) is 64.1 Å². The average Bonchev–Trinajstić information content (AvgIpc) is 2.75. The van der Waals surface area contributed by atoms with E-state index in [0.717, 1.165) is 16.1 Å². The molecule has 0 heterocycles. The van der Waals surface area contributed by atoms with Crippen LogP contribution in [-0.4, -0.2) is 50.5 Å². The third-order valence-electron chi connectivity index (χ3n) is 4.92. The molecule has 0 saturated heterocycles. The molecule has 1 atom stereocenters. The van der Waals surface area contributed by atoms with Gasteiger partial charge in [0.2, 0.25) is 21.8 Å². The number of nitrogens with one attached hydrogen (secondary N) is 1. The van der Waals surface area contributed by atoms with Gasteiger partial charge in [0.05, 0.1) is 22.0 Å². The van der Waals surface area contributed by atoms with E-state index in [4.69, 9.17) is 23.2 Å². The van der Waals surface area contributed by atoms with Crippen molar-refractivity contribution in [3.63, 3.8) is 0 Å². The smallest absolute Gasteiger partial charge is 0.244 e. The summed E-state index contributed by atoms with van der Waals surface area (Å²) in [4.78, 5) is 27.5. The van der Waals surface area contributed by atoms with Gasteiger partial charge in [0.1, 0.15) is 12.6 Å². The van der Waals surface area contributed by atoms with E-state index in [1.807, 2.05) is 44.2 Å². The third kappa shape index (κ3) is 7.91. The molecule has 2 amide bonds. The van der Waals surface area contributed by atoms with E-state index < -0.39 is 28.5 Å². The van der Waals surface area contributed by atoms with Gasteiger partial charge >= 0.3 is 0 Å². The van der Waals surface area contributed by atoms with E-state index in [0.29, 0.717) is 6.54 Å². The first-order valence-electron chi connectivity index (χ1n) is 10.4. The number of benzene rings is 2. The van der Waals surface area contributed by atoms with Crippen molar-refractivity contribution in [2.45, 2.75) is 33.4 Å². The van der Waals surface area contributed by atoms with E-state index in [1.54, 1.807) is 6.92 Å². The Morgan fingerprint density at radius 1 is 1.00 bits per heavy atom. The summed E-state index contributed by atoms with van der Waals surface area (Å²) in [5.74, 6) is -0.592. The quantitative estimate of drug-likeness (QED) is 0.520. The summed E-state index contributed by atoms with van der Waals surface area (Å²) in [6.45, 7) is 5.69. The highest BCUT2D eigenvalue weighted by molar-refractivity contribution is 7.92. The molecule has 0 fully saturated rings. The second-order valence-electron chi connectivity index (χ2n) is 8.19. The number of amides is 2. The number of carbonyl (C=O) groups is 2. The van der Waals surface area contributed by atoms with Crippen LogP contribution < -0.4 is 9.62 Å². The molecule has 2 rings (SSSR count). The molecule has 0 aromatic heterocycles. The van der Waals surface area contributed by atoms with E-state index in [-0.39, 0.29) is 34.1 Å². The lowest BCUT2D eigenvalue weighted by molar-refractivity contribution is -0.139. The number of rotatable bonds is 10. The molecule has 33 heavy (non-hydrogen) atoms. The van der Waals surface area contributed by atoms with Gasteiger partial charge < -0.3 is 10.2 Å². The minimum absolute atomic E-state index is 0.148. The fraction of sp³-hybridized carbons (Fsp3) is 0.391. The van der Waals surface area contributed by atoms with Crippen molar-refractivity contribution in [1.82, 2.24) is 10.2 Å². The Bertz CT molecular complexity index is 1080. The first-order valence-corrected chi connectivity index (χ1v) is 13.0. The van der Waals surface area contributed by atoms with Crippen LogP contribution in [0.15, 0.2) is 48.5 Å². The molecule has 1 N–H and O–H groups in total. The van der Waals surface area contributed by atoms with E-state index in [2.05, 4.69) is 5.32 Å². The minimum Gasteiger partial charge on any atom is -0.354 e. The molecular formula is C23H29Cl2N3O4S. The van der Waals surface area contributed by atoms with Crippen LogP contribution in [0.1, 0.15) is 26.3 Å². The molecule has 0 saturated carbocycles. The van der Waals surface area contributed by atoms with Crippen LogP contribution in [0.4, 0.5) is 5.69 Å². The molecule has 180 valence electrons. The monoisotopic (exact) mass is 513 g/mol. The number of hydrogen-bond donors (Lipinski definition) is 1. The first-order chi connectivity index (χ1) is 15.4. The van der Waals surface area contributed by atoms with E-state index >= 15 is 0 Å². The van der Waals surface area contributed by atoms with Crippen molar-refractivity contribution in [2.24, 2.45) is 5.92 Å². The summed E-state index contributed by atoms with van der Waals surface area (Å²) in [7, 11) is -3.83. The molecule has 0 spiro atoms. The molecule has 7 nitrogen and oxygen atoms in total. The first kappa shape index (κ1) is 27.0. The average molecular weight is 514 g/mol. The van der Waals surface area contributed by atoms with Crippen molar-refractivity contribution in [2.75, 3.05) is 23.7 Å². The third-order valence-corrected chi connectivity index (χ3v) is 6.80. The van der Waals surface area contributed by atoms with Gasteiger partial charge in [-0.05, 0) is 36.6 Å². The van der Waals surface area contributed by atoms with Crippen LogP contribution in [-0.2, 0) is 26.2 Å². The second kappa shape index (κ2) is 11.7. The topological polar surface area (TPSA) is 86.8 Å². The Morgan fingerprint density at radius 3 is 2.18 bits per heavy atom. The van der Waals surface area contributed by atoms with E-state index in [1.165, 1.54) is 23.1 Å². The molecule has 0 aliphatic carbocycles. The Morgan fingerprint density at radius 2 is 1.64 bits per heavy atom. The lowest BCUT2D eigenvalue weighted by Gasteiger charge is -2.31. The molecule has 2 aromatic rings. The SMILES string of the molecule is CC(C)CNC(=O)[C@@H](C)N(Cc1ccccc1)C(=O)CN(c1ccc(Cl)c(Cl)c1)S(C)(=O)=O. The van der Waals surface area contributed by atoms with Crippen LogP contribution in [0.3, 0.4) is 0 Å². The summed E-state index contributed by atoms with van der Waals surface area (Å²) in [6, 6.07) is 12.7. The number of hydrogen-bond acceptors (Lipinski definition) is 4. The fourth-order valence-electron chi connectivity index (χ4n) is 3.07. The zero-order chi connectivity index (χ0) is 24.8. The molecule has 10 heteroatoms. The Kier molecular flexibility index (Phi) is 9.57. The number of halogens is 2. The zero-order valence-electron chi connectivity index (χ0n) is 19.1.